The molecule has 0 aromatic heterocycles. The number of likely N-dealkylation sites (N-methyl/N-ethyl adjacent to an activating group) is 2. The Kier molecular flexibility index (Phi) is 8.65. The lowest BCUT2D eigenvalue weighted by atomic mass is 9.92. The summed E-state index contributed by atoms with van der Waals surface area (Å²) < 4.78 is 28.1. The first-order valence-electron chi connectivity index (χ1n) is 11.3. The first kappa shape index (κ1) is 25.2. The van der Waals surface area contributed by atoms with Crippen molar-refractivity contribution in [3.63, 3.8) is 0 Å². The third-order valence-corrected chi connectivity index (χ3v) is 5.89. The highest BCUT2D eigenvalue weighted by Crippen LogP contribution is 2.45. The van der Waals surface area contributed by atoms with E-state index in [9.17, 15) is 4.79 Å². The number of amides is 1. The van der Waals surface area contributed by atoms with E-state index in [1.807, 2.05) is 31.3 Å². The maximum atomic E-state index is 12.8. The van der Waals surface area contributed by atoms with Gasteiger partial charge in [0.25, 0.3) is 0 Å². The molecule has 0 saturated heterocycles. The number of hydrogen-bond acceptors (Lipinski definition) is 7. The molecule has 34 heavy (non-hydrogen) atoms. The van der Waals surface area contributed by atoms with E-state index in [1.54, 1.807) is 40.4 Å². The normalized spacial score (nSPS) is 12.7. The zero-order valence-electron chi connectivity index (χ0n) is 20.8. The summed E-state index contributed by atoms with van der Waals surface area (Å²) in [5, 5.41) is 3.04. The molecule has 0 radical (unpaired) electrons. The van der Waals surface area contributed by atoms with Gasteiger partial charge in [-0.05, 0) is 61.2 Å². The fourth-order valence-corrected chi connectivity index (χ4v) is 4.06. The Morgan fingerprint density at radius 1 is 0.971 bits per heavy atom. The van der Waals surface area contributed by atoms with Gasteiger partial charge in [0.05, 0.1) is 28.4 Å². The van der Waals surface area contributed by atoms with E-state index in [2.05, 4.69) is 11.4 Å². The Morgan fingerprint density at radius 3 is 2.24 bits per heavy atom. The molecule has 1 aliphatic carbocycles. The molecule has 0 heterocycles. The third kappa shape index (κ3) is 5.22. The van der Waals surface area contributed by atoms with Crippen molar-refractivity contribution in [1.29, 1.82) is 0 Å². The first-order valence-corrected chi connectivity index (χ1v) is 11.3. The van der Waals surface area contributed by atoms with E-state index >= 15 is 0 Å². The molecule has 0 fully saturated rings. The Hall–Kier alpha value is -3.39. The van der Waals surface area contributed by atoms with Gasteiger partial charge in [0.1, 0.15) is 0 Å². The van der Waals surface area contributed by atoms with Crippen molar-refractivity contribution < 1.29 is 28.5 Å². The zero-order chi connectivity index (χ0) is 24.7. The number of methoxy groups -OCH3 is 4. The monoisotopic (exact) mass is 470 g/mol. The van der Waals surface area contributed by atoms with E-state index in [1.165, 1.54) is 0 Å². The van der Waals surface area contributed by atoms with E-state index in [0.29, 0.717) is 41.8 Å². The van der Waals surface area contributed by atoms with Gasteiger partial charge in [0, 0.05) is 25.7 Å². The van der Waals surface area contributed by atoms with Crippen LogP contribution in [0.1, 0.15) is 29.5 Å². The van der Waals surface area contributed by atoms with E-state index < -0.39 is 6.09 Å². The molecule has 8 heteroatoms. The molecule has 0 spiro atoms. The molecule has 2 aromatic rings. The number of benzene rings is 2. The molecule has 0 saturated carbocycles. The number of nitrogens with zero attached hydrogens (tertiary/aromatic N) is 1. The Labute approximate surface area is 201 Å². The molecular weight excluding hydrogens is 436 g/mol. The van der Waals surface area contributed by atoms with Crippen LogP contribution in [0.15, 0.2) is 30.3 Å². The number of hydrogen-bond donors (Lipinski definition) is 1. The number of carbonyl (C=O) groups is 1. The fraction of sp³-hybridized carbons (Fsp3) is 0.423. The average molecular weight is 471 g/mol. The molecule has 0 aliphatic heterocycles. The number of nitrogens with one attached hydrogen (secondary N) is 1. The lowest BCUT2D eigenvalue weighted by molar-refractivity contribution is 0.161. The van der Waals surface area contributed by atoms with Gasteiger partial charge in [0.2, 0.25) is 5.75 Å². The van der Waals surface area contributed by atoms with Gasteiger partial charge in [-0.15, -0.1) is 0 Å². The van der Waals surface area contributed by atoms with Crippen LogP contribution in [0.4, 0.5) is 4.79 Å². The number of allylic oxidation sites excluding steroid dienone is 1. The summed E-state index contributed by atoms with van der Waals surface area (Å²) in [4.78, 5) is 14.3. The van der Waals surface area contributed by atoms with Crippen LogP contribution in [0.3, 0.4) is 0 Å². The van der Waals surface area contributed by atoms with Crippen molar-refractivity contribution in [3.05, 3.63) is 47.0 Å². The van der Waals surface area contributed by atoms with Crippen molar-refractivity contribution >= 4 is 11.7 Å². The smallest absolute Gasteiger partial charge is 0.415 e. The molecule has 1 amide bonds. The second-order valence-corrected chi connectivity index (χ2v) is 7.94. The highest BCUT2D eigenvalue weighted by molar-refractivity contribution is 5.86. The van der Waals surface area contributed by atoms with Crippen LogP contribution in [0.25, 0.3) is 5.57 Å². The van der Waals surface area contributed by atoms with E-state index in [-0.39, 0.29) is 0 Å². The predicted molar refractivity (Wildman–Crippen MR) is 132 cm³/mol. The molecule has 1 N–H and O–H groups in total. The van der Waals surface area contributed by atoms with Gasteiger partial charge in [-0.25, -0.2) is 4.79 Å². The van der Waals surface area contributed by atoms with E-state index in [4.69, 9.17) is 23.7 Å². The maximum Gasteiger partial charge on any atom is 0.415 e. The van der Waals surface area contributed by atoms with Crippen molar-refractivity contribution in [2.45, 2.75) is 19.3 Å². The maximum absolute atomic E-state index is 12.8. The Balaban J connectivity index is 2.09. The molecule has 2 aromatic carbocycles. The fourth-order valence-electron chi connectivity index (χ4n) is 4.06. The van der Waals surface area contributed by atoms with Crippen LogP contribution in [-0.4, -0.2) is 66.6 Å². The molecule has 0 bridgehead atoms. The first-order chi connectivity index (χ1) is 16.5. The summed E-state index contributed by atoms with van der Waals surface area (Å²) in [5.41, 5.74) is 3.85. The van der Waals surface area contributed by atoms with Crippen LogP contribution < -0.4 is 29.0 Å². The van der Waals surface area contributed by atoms with Gasteiger partial charge in [-0.3, -0.25) is 0 Å². The summed E-state index contributed by atoms with van der Waals surface area (Å²) in [6.45, 7) is 1.20. The van der Waals surface area contributed by atoms with Crippen LogP contribution in [0.5, 0.6) is 28.7 Å². The number of rotatable bonds is 9. The minimum atomic E-state index is -0.426. The van der Waals surface area contributed by atoms with Crippen LogP contribution in [0.2, 0.25) is 0 Å². The van der Waals surface area contributed by atoms with Crippen LogP contribution >= 0.6 is 0 Å². The minimum absolute atomic E-state index is 0.426. The number of ether oxygens (including phenoxy) is 5. The van der Waals surface area contributed by atoms with Gasteiger partial charge in [-0.2, -0.15) is 0 Å². The zero-order valence-corrected chi connectivity index (χ0v) is 20.8. The second-order valence-electron chi connectivity index (χ2n) is 7.94. The van der Waals surface area contributed by atoms with Crippen molar-refractivity contribution in [3.8, 4) is 28.7 Å². The summed E-state index contributed by atoms with van der Waals surface area (Å²) in [5.74, 6) is 2.68. The Morgan fingerprint density at radius 2 is 1.65 bits per heavy atom. The average Bonchev–Trinajstić information content (AvgIpc) is 3.09. The number of carbonyl (C=O) groups excluding carboxylic acids is 1. The van der Waals surface area contributed by atoms with E-state index in [0.717, 1.165) is 41.5 Å². The standard InChI is InChI=1S/C26H34N2O6/c1-27-13-14-28(2)26(29)34-24-20-10-8-7-9-18(19(20)11-12-21(24)30-3)17-15-22(31-4)25(33-6)23(16-17)32-5/h9,11-12,15-16,27H,7-8,10,13-14H2,1-6H3. The van der Waals surface area contributed by atoms with Gasteiger partial charge >= 0.3 is 6.09 Å². The molecule has 0 unspecified atom stereocenters. The van der Waals surface area contributed by atoms with Gasteiger partial charge in [0.15, 0.2) is 23.0 Å². The highest BCUT2D eigenvalue weighted by atomic mass is 16.6. The van der Waals surface area contributed by atoms with Crippen LogP contribution in [-0.2, 0) is 6.42 Å². The van der Waals surface area contributed by atoms with Gasteiger partial charge < -0.3 is 33.9 Å². The highest BCUT2D eigenvalue weighted by Gasteiger charge is 2.25. The molecule has 3 rings (SSSR count). The van der Waals surface area contributed by atoms with Crippen molar-refractivity contribution in [1.82, 2.24) is 10.2 Å². The van der Waals surface area contributed by atoms with Crippen molar-refractivity contribution in [2.24, 2.45) is 0 Å². The topological polar surface area (TPSA) is 78.5 Å². The predicted octanol–water partition coefficient (Wildman–Crippen LogP) is 4.14. The quantitative estimate of drug-likeness (QED) is 0.590. The lowest BCUT2D eigenvalue weighted by Gasteiger charge is -2.22. The molecule has 184 valence electrons. The lowest BCUT2D eigenvalue weighted by Crippen LogP contribution is -2.35. The number of fused-ring (bicyclic) bond motifs is 1. The summed E-state index contributed by atoms with van der Waals surface area (Å²) in [6.07, 6.45) is 4.31. The summed E-state index contributed by atoms with van der Waals surface area (Å²) >= 11 is 0. The summed E-state index contributed by atoms with van der Waals surface area (Å²) in [6, 6.07) is 7.72. The molecular formula is C26H34N2O6. The summed E-state index contributed by atoms with van der Waals surface area (Å²) in [7, 11) is 9.93. The van der Waals surface area contributed by atoms with Crippen molar-refractivity contribution in [2.75, 3.05) is 55.6 Å². The minimum Gasteiger partial charge on any atom is -0.493 e. The molecule has 8 nitrogen and oxygen atoms in total. The largest absolute Gasteiger partial charge is 0.493 e. The SMILES string of the molecule is CNCCN(C)C(=O)Oc1c(OC)ccc2c1CCCC=C2c1cc(OC)c(OC)c(OC)c1. The molecule has 0 atom stereocenters. The third-order valence-electron chi connectivity index (χ3n) is 5.89. The second kappa shape index (κ2) is 11.7. The Bertz CT molecular complexity index is 1020. The van der Waals surface area contributed by atoms with Crippen LogP contribution in [0, 0.1) is 0 Å². The molecule has 1 aliphatic rings. The van der Waals surface area contributed by atoms with Gasteiger partial charge in [-0.1, -0.05) is 12.1 Å².